The zero-order valence-corrected chi connectivity index (χ0v) is 10.2. The lowest BCUT2D eigenvalue weighted by Gasteiger charge is -2.13. The number of nitrogens with one attached hydrogen (secondary N) is 1. The van der Waals surface area contributed by atoms with E-state index in [1.165, 1.54) is 30.4 Å². The smallest absolute Gasteiger partial charge is 0.0291 e. The minimum absolute atomic E-state index is 0.469. The maximum absolute atomic E-state index is 3.45. The highest BCUT2D eigenvalue weighted by Crippen LogP contribution is 2.15. The van der Waals surface area contributed by atoms with Crippen molar-refractivity contribution in [2.45, 2.75) is 46.1 Å². The third kappa shape index (κ3) is 4.05. The first-order chi connectivity index (χ1) is 7.27. The van der Waals surface area contributed by atoms with Crippen LogP contribution in [-0.2, 0) is 6.42 Å². The quantitative estimate of drug-likeness (QED) is 0.746. The van der Waals surface area contributed by atoms with Crippen LogP contribution in [0.3, 0.4) is 0 Å². The molecule has 0 fully saturated rings. The Balaban J connectivity index is 2.64. The zero-order chi connectivity index (χ0) is 11.1. The lowest BCUT2D eigenvalue weighted by atomic mass is 10.0. The lowest BCUT2D eigenvalue weighted by molar-refractivity contribution is 0.597. The first-order valence-corrected chi connectivity index (χ1v) is 6.10. The van der Waals surface area contributed by atoms with Gasteiger partial charge < -0.3 is 5.32 Å². The van der Waals surface area contributed by atoms with Crippen LogP contribution in [0.5, 0.6) is 0 Å². The average molecular weight is 205 g/mol. The van der Waals surface area contributed by atoms with Crippen LogP contribution in [-0.4, -0.2) is 6.54 Å². The molecule has 0 saturated carbocycles. The van der Waals surface area contributed by atoms with Gasteiger partial charge >= 0.3 is 0 Å². The maximum Gasteiger partial charge on any atom is 0.0291 e. The highest BCUT2D eigenvalue weighted by atomic mass is 14.9. The number of aryl methyl sites for hydroxylation is 1. The van der Waals surface area contributed by atoms with Gasteiger partial charge in [-0.15, -0.1) is 0 Å². The molecule has 1 aromatic carbocycles. The first-order valence-electron chi connectivity index (χ1n) is 6.10. The summed E-state index contributed by atoms with van der Waals surface area (Å²) in [6.45, 7) is 7.64. The number of unbranched alkanes of at least 4 members (excludes halogenated alkanes) is 1. The van der Waals surface area contributed by atoms with Gasteiger partial charge in [-0.05, 0) is 37.4 Å². The summed E-state index contributed by atoms with van der Waals surface area (Å²) in [5.74, 6) is 0. The summed E-state index contributed by atoms with van der Waals surface area (Å²) in [4.78, 5) is 0. The van der Waals surface area contributed by atoms with Crippen LogP contribution < -0.4 is 5.32 Å². The standard InChI is InChI=1S/C14H23N/c1-4-6-8-13-9-7-10-14(11-13)12(3)15-5-2/h7,9-12,15H,4-6,8H2,1-3H3. The van der Waals surface area contributed by atoms with Gasteiger partial charge in [-0.3, -0.25) is 0 Å². The van der Waals surface area contributed by atoms with Crippen molar-refractivity contribution < 1.29 is 0 Å². The van der Waals surface area contributed by atoms with E-state index >= 15 is 0 Å². The van der Waals surface area contributed by atoms with Gasteiger partial charge in [0.05, 0.1) is 0 Å². The molecule has 0 aromatic heterocycles. The average Bonchev–Trinajstić information content (AvgIpc) is 2.27. The Kier molecular flexibility index (Phi) is 5.41. The van der Waals surface area contributed by atoms with Crippen molar-refractivity contribution in [1.82, 2.24) is 5.32 Å². The molecule has 1 unspecified atom stereocenters. The van der Waals surface area contributed by atoms with E-state index in [1.807, 2.05) is 0 Å². The topological polar surface area (TPSA) is 12.0 Å². The van der Waals surface area contributed by atoms with Crippen molar-refractivity contribution in [1.29, 1.82) is 0 Å². The Bertz CT molecular complexity index is 280. The van der Waals surface area contributed by atoms with Gasteiger partial charge in [-0.25, -0.2) is 0 Å². The lowest BCUT2D eigenvalue weighted by Crippen LogP contribution is -2.17. The molecule has 0 aliphatic heterocycles. The van der Waals surface area contributed by atoms with Gasteiger partial charge in [0.2, 0.25) is 0 Å². The molecule has 1 nitrogen and oxygen atoms in total. The highest BCUT2D eigenvalue weighted by molar-refractivity contribution is 5.25. The van der Waals surface area contributed by atoms with Crippen LogP contribution in [0.25, 0.3) is 0 Å². The third-order valence-corrected chi connectivity index (χ3v) is 2.78. The van der Waals surface area contributed by atoms with Crippen LogP contribution in [0.15, 0.2) is 24.3 Å². The molecule has 0 spiro atoms. The van der Waals surface area contributed by atoms with Crippen LogP contribution in [0.1, 0.15) is 50.8 Å². The predicted octanol–water partition coefficient (Wildman–Crippen LogP) is 3.70. The molecule has 1 rings (SSSR count). The molecule has 1 N–H and O–H groups in total. The Morgan fingerprint density at radius 1 is 1.27 bits per heavy atom. The minimum atomic E-state index is 0.469. The molecule has 0 saturated heterocycles. The summed E-state index contributed by atoms with van der Waals surface area (Å²) in [5.41, 5.74) is 2.88. The van der Waals surface area contributed by atoms with E-state index < -0.39 is 0 Å². The minimum Gasteiger partial charge on any atom is -0.310 e. The van der Waals surface area contributed by atoms with E-state index in [2.05, 4.69) is 50.4 Å². The van der Waals surface area contributed by atoms with Crippen molar-refractivity contribution in [3.63, 3.8) is 0 Å². The number of rotatable bonds is 6. The predicted molar refractivity (Wildman–Crippen MR) is 67.1 cm³/mol. The molecular formula is C14H23N. The molecule has 0 amide bonds. The molecule has 15 heavy (non-hydrogen) atoms. The Morgan fingerprint density at radius 3 is 2.73 bits per heavy atom. The second kappa shape index (κ2) is 6.62. The summed E-state index contributed by atoms with van der Waals surface area (Å²) < 4.78 is 0. The molecule has 0 aliphatic carbocycles. The fourth-order valence-corrected chi connectivity index (χ4v) is 1.82. The maximum atomic E-state index is 3.45. The van der Waals surface area contributed by atoms with Crippen molar-refractivity contribution in [3.05, 3.63) is 35.4 Å². The molecule has 0 radical (unpaired) electrons. The van der Waals surface area contributed by atoms with Crippen molar-refractivity contribution in [3.8, 4) is 0 Å². The van der Waals surface area contributed by atoms with Gasteiger partial charge in [0, 0.05) is 6.04 Å². The molecule has 0 heterocycles. The number of hydrogen-bond acceptors (Lipinski definition) is 1. The monoisotopic (exact) mass is 205 g/mol. The van der Waals surface area contributed by atoms with Gasteiger partial charge in [0.15, 0.2) is 0 Å². The second-order valence-corrected chi connectivity index (χ2v) is 4.13. The second-order valence-electron chi connectivity index (χ2n) is 4.13. The third-order valence-electron chi connectivity index (χ3n) is 2.78. The summed E-state index contributed by atoms with van der Waals surface area (Å²) in [6, 6.07) is 9.43. The van der Waals surface area contributed by atoms with Gasteiger partial charge in [0.1, 0.15) is 0 Å². The summed E-state index contributed by atoms with van der Waals surface area (Å²) in [5, 5.41) is 3.45. The fourth-order valence-electron chi connectivity index (χ4n) is 1.82. The van der Waals surface area contributed by atoms with Crippen molar-refractivity contribution >= 4 is 0 Å². The largest absolute Gasteiger partial charge is 0.310 e. The van der Waals surface area contributed by atoms with E-state index in [1.54, 1.807) is 0 Å². The van der Waals surface area contributed by atoms with E-state index in [0.29, 0.717) is 6.04 Å². The Hall–Kier alpha value is -0.820. The number of benzene rings is 1. The van der Waals surface area contributed by atoms with Gasteiger partial charge in [-0.1, -0.05) is 44.5 Å². The molecule has 1 aromatic rings. The Morgan fingerprint density at radius 2 is 2.07 bits per heavy atom. The molecule has 0 bridgehead atoms. The summed E-state index contributed by atoms with van der Waals surface area (Å²) in [6.07, 6.45) is 3.77. The molecule has 0 aliphatic rings. The zero-order valence-electron chi connectivity index (χ0n) is 10.2. The Labute approximate surface area is 93.9 Å². The summed E-state index contributed by atoms with van der Waals surface area (Å²) in [7, 11) is 0. The SMILES string of the molecule is CCCCc1cccc(C(C)NCC)c1. The van der Waals surface area contributed by atoms with Gasteiger partial charge in [0.25, 0.3) is 0 Å². The normalized spacial score (nSPS) is 12.7. The van der Waals surface area contributed by atoms with E-state index in [0.717, 1.165) is 6.54 Å². The fraction of sp³-hybridized carbons (Fsp3) is 0.571. The molecule has 1 atom stereocenters. The first kappa shape index (κ1) is 12.3. The summed E-state index contributed by atoms with van der Waals surface area (Å²) >= 11 is 0. The molecular weight excluding hydrogens is 182 g/mol. The van der Waals surface area contributed by atoms with E-state index in [4.69, 9.17) is 0 Å². The van der Waals surface area contributed by atoms with E-state index in [-0.39, 0.29) is 0 Å². The van der Waals surface area contributed by atoms with Crippen molar-refractivity contribution in [2.75, 3.05) is 6.54 Å². The van der Waals surface area contributed by atoms with Crippen LogP contribution in [0, 0.1) is 0 Å². The number of hydrogen-bond donors (Lipinski definition) is 1. The molecule has 1 heteroatoms. The van der Waals surface area contributed by atoms with Crippen LogP contribution in [0.2, 0.25) is 0 Å². The molecule has 84 valence electrons. The van der Waals surface area contributed by atoms with E-state index in [9.17, 15) is 0 Å². The van der Waals surface area contributed by atoms with Crippen molar-refractivity contribution in [2.24, 2.45) is 0 Å². The van der Waals surface area contributed by atoms with Gasteiger partial charge in [-0.2, -0.15) is 0 Å². The highest BCUT2D eigenvalue weighted by Gasteiger charge is 2.03. The van der Waals surface area contributed by atoms with Crippen LogP contribution >= 0.6 is 0 Å². The van der Waals surface area contributed by atoms with Crippen LogP contribution in [0.4, 0.5) is 0 Å².